The lowest BCUT2D eigenvalue weighted by Crippen LogP contribution is -2.52. The van der Waals surface area contributed by atoms with Crippen LogP contribution in [0.15, 0.2) is 77.3 Å². The molecule has 0 saturated heterocycles. The van der Waals surface area contributed by atoms with Crippen molar-refractivity contribution in [1.82, 2.24) is 10.2 Å². The molecule has 0 radical (unpaired) electrons. The van der Waals surface area contributed by atoms with Gasteiger partial charge in [0, 0.05) is 23.5 Å². The normalized spacial score (nSPS) is 11.8. The summed E-state index contributed by atoms with van der Waals surface area (Å²) in [5.41, 5.74) is 5.20. The maximum Gasteiger partial charge on any atom is 0.243 e. The maximum atomic E-state index is 13.8. The number of nitrogens with one attached hydrogen (secondary N) is 1. The number of nitrogens with zero attached hydrogens (tertiary/aromatic N) is 1. The van der Waals surface area contributed by atoms with Gasteiger partial charge in [0.2, 0.25) is 11.8 Å². The second-order valence-corrected chi connectivity index (χ2v) is 10.1. The zero-order valence-electron chi connectivity index (χ0n) is 20.3. The van der Waals surface area contributed by atoms with Gasteiger partial charge in [-0.3, -0.25) is 9.59 Å². The molecule has 0 bridgehead atoms. The van der Waals surface area contributed by atoms with Crippen molar-refractivity contribution in [3.05, 3.63) is 105 Å². The van der Waals surface area contributed by atoms with E-state index in [4.69, 9.17) is 0 Å². The number of halogens is 1. The van der Waals surface area contributed by atoms with Gasteiger partial charge in [-0.2, -0.15) is 0 Å². The minimum absolute atomic E-state index is 0.0204. The lowest BCUT2D eigenvalue weighted by molar-refractivity contribution is -0.141. The van der Waals surface area contributed by atoms with Crippen molar-refractivity contribution in [2.45, 2.75) is 59.2 Å². The molecule has 0 saturated carbocycles. The highest BCUT2D eigenvalue weighted by Gasteiger charge is 2.30. The Morgan fingerprint density at radius 1 is 0.853 bits per heavy atom. The number of hydrogen-bond donors (Lipinski definition) is 1. The molecule has 178 valence electrons. The summed E-state index contributed by atoms with van der Waals surface area (Å²) < 4.78 is 0.943. The molecule has 0 heterocycles. The van der Waals surface area contributed by atoms with Crippen LogP contribution < -0.4 is 5.32 Å². The summed E-state index contributed by atoms with van der Waals surface area (Å²) in [4.78, 5) is 28.9. The van der Waals surface area contributed by atoms with E-state index in [2.05, 4.69) is 27.3 Å². The van der Waals surface area contributed by atoms with Gasteiger partial charge in [0.1, 0.15) is 6.04 Å². The predicted molar refractivity (Wildman–Crippen MR) is 142 cm³/mol. The summed E-state index contributed by atoms with van der Waals surface area (Å²) in [5.74, 6) is -0.201. The third-order valence-electron chi connectivity index (χ3n) is 5.58. The summed E-state index contributed by atoms with van der Waals surface area (Å²) in [6, 6.07) is 23.3. The van der Waals surface area contributed by atoms with Gasteiger partial charge in [-0.05, 0) is 56.5 Å². The first-order chi connectivity index (χ1) is 16.2. The predicted octanol–water partition coefficient (Wildman–Crippen LogP) is 5.77. The Kier molecular flexibility index (Phi) is 9.05. The lowest BCUT2D eigenvalue weighted by Gasteiger charge is -2.32. The Morgan fingerprint density at radius 3 is 2.12 bits per heavy atom. The van der Waals surface area contributed by atoms with Gasteiger partial charge in [-0.1, -0.05) is 87.7 Å². The number of benzene rings is 3. The molecule has 4 nitrogen and oxygen atoms in total. The van der Waals surface area contributed by atoms with E-state index in [0.717, 1.165) is 32.3 Å². The molecule has 0 aliphatic rings. The van der Waals surface area contributed by atoms with Crippen LogP contribution in [0, 0.1) is 13.8 Å². The van der Waals surface area contributed by atoms with Crippen LogP contribution in [0.3, 0.4) is 0 Å². The first kappa shape index (κ1) is 25.7. The third-order valence-corrected chi connectivity index (χ3v) is 6.07. The summed E-state index contributed by atoms with van der Waals surface area (Å²) in [5, 5.41) is 3.04. The van der Waals surface area contributed by atoms with E-state index >= 15 is 0 Å². The van der Waals surface area contributed by atoms with Crippen molar-refractivity contribution in [3.8, 4) is 0 Å². The van der Waals surface area contributed by atoms with Crippen molar-refractivity contribution >= 4 is 27.7 Å². The van der Waals surface area contributed by atoms with E-state index in [9.17, 15) is 9.59 Å². The molecule has 3 rings (SSSR count). The zero-order chi connectivity index (χ0) is 24.7. The van der Waals surface area contributed by atoms with Crippen molar-refractivity contribution in [2.24, 2.45) is 0 Å². The Bertz CT molecular complexity index is 1110. The molecule has 0 unspecified atom stereocenters. The summed E-state index contributed by atoms with van der Waals surface area (Å²) in [7, 11) is 0. The summed E-state index contributed by atoms with van der Waals surface area (Å²) in [6.07, 6.45) is 0.697. The molecule has 0 spiro atoms. The van der Waals surface area contributed by atoms with Crippen molar-refractivity contribution in [3.63, 3.8) is 0 Å². The summed E-state index contributed by atoms with van der Waals surface area (Å²) in [6.45, 7) is 8.30. The summed E-state index contributed by atoms with van der Waals surface area (Å²) >= 11 is 3.53. The van der Waals surface area contributed by atoms with Crippen LogP contribution in [0.1, 0.15) is 41.7 Å². The number of carbonyl (C=O) groups excluding carboxylic acids is 2. The van der Waals surface area contributed by atoms with Gasteiger partial charge < -0.3 is 10.2 Å². The zero-order valence-corrected chi connectivity index (χ0v) is 21.9. The molecule has 0 aliphatic carbocycles. The largest absolute Gasteiger partial charge is 0.352 e. The smallest absolute Gasteiger partial charge is 0.243 e. The molecule has 0 aliphatic heterocycles. The highest BCUT2D eigenvalue weighted by atomic mass is 79.9. The Morgan fingerprint density at radius 2 is 1.50 bits per heavy atom. The van der Waals surface area contributed by atoms with E-state index in [1.54, 1.807) is 4.90 Å². The van der Waals surface area contributed by atoms with Crippen LogP contribution in [0.25, 0.3) is 0 Å². The Hall–Kier alpha value is -2.92. The molecule has 5 heteroatoms. The van der Waals surface area contributed by atoms with Crippen LogP contribution in [0.4, 0.5) is 0 Å². The first-order valence-electron chi connectivity index (χ1n) is 11.7. The number of aryl methyl sites for hydroxylation is 2. The fraction of sp³-hybridized carbons (Fsp3) is 0.310. The van der Waals surface area contributed by atoms with Crippen molar-refractivity contribution in [2.75, 3.05) is 0 Å². The second-order valence-electron chi connectivity index (χ2n) is 9.19. The molecular formula is C29H33BrN2O2. The van der Waals surface area contributed by atoms with Crippen LogP contribution in [-0.2, 0) is 29.0 Å². The quantitative estimate of drug-likeness (QED) is 0.389. The number of rotatable bonds is 9. The Balaban J connectivity index is 1.99. The van der Waals surface area contributed by atoms with Crippen LogP contribution in [0.2, 0.25) is 0 Å². The third kappa shape index (κ3) is 7.56. The van der Waals surface area contributed by atoms with Gasteiger partial charge in [-0.15, -0.1) is 0 Å². The molecule has 0 aromatic heterocycles. The van der Waals surface area contributed by atoms with Crippen molar-refractivity contribution < 1.29 is 9.59 Å². The maximum absolute atomic E-state index is 13.8. The van der Waals surface area contributed by atoms with E-state index in [0.29, 0.717) is 13.0 Å². The van der Waals surface area contributed by atoms with Crippen LogP contribution in [0.5, 0.6) is 0 Å². The fourth-order valence-electron chi connectivity index (χ4n) is 4.21. The molecule has 1 atom stereocenters. The van der Waals surface area contributed by atoms with E-state index < -0.39 is 6.04 Å². The van der Waals surface area contributed by atoms with Crippen molar-refractivity contribution in [1.29, 1.82) is 0 Å². The van der Waals surface area contributed by atoms with Crippen LogP contribution >= 0.6 is 15.9 Å². The highest BCUT2D eigenvalue weighted by molar-refractivity contribution is 9.10. The van der Waals surface area contributed by atoms with E-state index in [1.165, 1.54) is 0 Å². The fourth-order valence-corrected chi connectivity index (χ4v) is 4.66. The standard InChI is InChI=1S/C29H33BrN2O2/c1-20(2)31-29(34)27(17-23-9-6-5-7-10-23)32(19-24-11-8-12-26(30)16-24)28(33)18-25-14-21(3)13-22(4)15-25/h5-16,20,27H,17-19H2,1-4H3,(H,31,34)/t27-/m1/s1. The second kappa shape index (κ2) is 12.0. The molecular weight excluding hydrogens is 488 g/mol. The van der Waals surface area contributed by atoms with E-state index in [-0.39, 0.29) is 24.3 Å². The minimum Gasteiger partial charge on any atom is -0.352 e. The van der Waals surface area contributed by atoms with E-state index in [1.807, 2.05) is 94.4 Å². The number of hydrogen-bond acceptors (Lipinski definition) is 2. The lowest BCUT2D eigenvalue weighted by atomic mass is 10.00. The molecule has 34 heavy (non-hydrogen) atoms. The molecule has 3 aromatic rings. The average Bonchev–Trinajstić information content (AvgIpc) is 2.75. The average molecular weight is 521 g/mol. The van der Waals surface area contributed by atoms with Gasteiger partial charge in [-0.25, -0.2) is 0 Å². The molecule has 0 fully saturated rings. The van der Waals surface area contributed by atoms with Gasteiger partial charge in [0.25, 0.3) is 0 Å². The Labute approximate surface area is 211 Å². The SMILES string of the molecule is Cc1cc(C)cc(CC(=O)N(Cc2cccc(Br)c2)[C@H](Cc2ccccc2)C(=O)NC(C)C)c1. The van der Waals surface area contributed by atoms with Crippen LogP contribution in [-0.4, -0.2) is 28.8 Å². The molecule has 1 N–H and O–H groups in total. The minimum atomic E-state index is -0.623. The van der Waals surface area contributed by atoms with Gasteiger partial charge in [0.05, 0.1) is 6.42 Å². The highest BCUT2D eigenvalue weighted by Crippen LogP contribution is 2.20. The topological polar surface area (TPSA) is 49.4 Å². The monoisotopic (exact) mass is 520 g/mol. The number of carbonyl (C=O) groups is 2. The molecule has 2 amide bonds. The van der Waals surface area contributed by atoms with Gasteiger partial charge >= 0.3 is 0 Å². The first-order valence-corrected chi connectivity index (χ1v) is 12.5. The van der Waals surface area contributed by atoms with Gasteiger partial charge in [0.15, 0.2) is 0 Å². The number of amides is 2. The molecule has 3 aromatic carbocycles.